The van der Waals surface area contributed by atoms with Crippen LogP contribution in [0.3, 0.4) is 0 Å². The lowest BCUT2D eigenvalue weighted by molar-refractivity contribution is 0.0599. The Hall–Kier alpha value is -0.830. The van der Waals surface area contributed by atoms with Gasteiger partial charge in [-0.15, -0.1) is 0 Å². The van der Waals surface area contributed by atoms with Crippen LogP contribution in [0.5, 0.6) is 0 Å². The molecule has 0 aliphatic heterocycles. The molecule has 0 aromatic heterocycles. The third-order valence-electron chi connectivity index (χ3n) is 1.53. The predicted molar refractivity (Wildman–Crippen MR) is 61.6 cm³/mol. The summed E-state index contributed by atoms with van der Waals surface area (Å²) in [4.78, 5) is 11.1. The van der Waals surface area contributed by atoms with E-state index in [1.54, 1.807) is 6.07 Å². The first-order valence-corrected chi connectivity index (χ1v) is 5.29. The van der Waals surface area contributed by atoms with Gasteiger partial charge in [0.15, 0.2) is 0 Å². The molecule has 2 nitrogen and oxygen atoms in total. The van der Waals surface area contributed by atoms with Crippen LogP contribution < -0.4 is 0 Å². The minimum absolute atomic E-state index is 0.314. The number of benzene rings is 1. The van der Waals surface area contributed by atoms with Crippen molar-refractivity contribution in [3.63, 3.8) is 0 Å². The van der Waals surface area contributed by atoms with Crippen LogP contribution in [0.1, 0.15) is 29.8 Å². The maximum absolute atomic E-state index is 11.1. The molecule has 0 atom stereocenters. The summed E-state index contributed by atoms with van der Waals surface area (Å²) in [7, 11) is 1.37. The molecule has 0 aliphatic rings. The van der Waals surface area contributed by atoms with Crippen LogP contribution in [0, 0.1) is 6.92 Å². The summed E-state index contributed by atoms with van der Waals surface area (Å²) in [5, 5.41) is 0. The van der Waals surface area contributed by atoms with Crippen molar-refractivity contribution >= 4 is 21.9 Å². The minimum atomic E-state index is -0.314. The fourth-order valence-electron chi connectivity index (χ4n) is 0.905. The summed E-state index contributed by atoms with van der Waals surface area (Å²) in [5.74, 6) is -0.314. The molecule has 78 valence electrons. The quantitative estimate of drug-likeness (QED) is 0.720. The van der Waals surface area contributed by atoms with E-state index in [9.17, 15) is 4.79 Å². The third kappa shape index (κ3) is 3.50. The molecular formula is C11H15BrO2. The van der Waals surface area contributed by atoms with Gasteiger partial charge in [-0.3, -0.25) is 0 Å². The number of carbonyl (C=O) groups excluding carboxylic acids is 1. The Balaban J connectivity index is 0.000000791. The first-order chi connectivity index (χ1) is 6.65. The summed E-state index contributed by atoms with van der Waals surface area (Å²) in [6, 6.07) is 5.55. The van der Waals surface area contributed by atoms with Gasteiger partial charge in [0, 0.05) is 4.47 Å². The zero-order valence-electron chi connectivity index (χ0n) is 8.93. The molecule has 0 spiro atoms. The highest BCUT2D eigenvalue weighted by molar-refractivity contribution is 9.10. The summed E-state index contributed by atoms with van der Waals surface area (Å²) in [5.41, 5.74) is 1.61. The Morgan fingerprint density at radius 1 is 1.36 bits per heavy atom. The van der Waals surface area contributed by atoms with Crippen molar-refractivity contribution in [1.82, 2.24) is 0 Å². The van der Waals surface area contributed by atoms with Crippen LogP contribution in [0.15, 0.2) is 22.7 Å². The number of hydrogen-bond donors (Lipinski definition) is 0. The molecule has 0 amide bonds. The van der Waals surface area contributed by atoms with Crippen molar-refractivity contribution in [3.8, 4) is 0 Å². The summed E-state index contributed by atoms with van der Waals surface area (Å²) < 4.78 is 5.37. The van der Waals surface area contributed by atoms with Crippen LogP contribution in [0.4, 0.5) is 0 Å². The van der Waals surface area contributed by atoms with E-state index in [0.29, 0.717) is 5.56 Å². The van der Waals surface area contributed by atoms with Crippen molar-refractivity contribution < 1.29 is 9.53 Å². The zero-order chi connectivity index (χ0) is 11.1. The summed E-state index contributed by atoms with van der Waals surface area (Å²) >= 11 is 3.27. The molecule has 0 aliphatic carbocycles. The van der Waals surface area contributed by atoms with E-state index in [2.05, 4.69) is 20.7 Å². The molecule has 0 heterocycles. The van der Waals surface area contributed by atoms with Gasteiger partial charge in [0.05, 0.1) is 12.7 Å². The topological polar surface area (TPSA) is 26.3 Å². The maximum atomic E-state index is 11.1. The average molecular weight is 259 g/mol. The minimum Gasteiger partial charge on any atom is -0.465 e. The number of methoxy groups -OCH3 is 1. The lowest BCUT2D eigenvalue weighted by Gasteiger charge is -2.02. The highest BCUT2D eigenvalue weighted by Gasteiger charge is 2.08. The zero-order valence-corrected chi connectivity index (χ0v) is 10.5. The fraction of sp³-hybridized carbons (Fsp3) is 0.364. The molecule has 14 heavy (non-hydrogen) atoms. The molecule has 0 saturated carbocycles. The van der Waals surface area contributed by atoms with Crippen molar-refractivity contribution in [2.24, 2.45) is 0 Å². The lowest BCUT2D eigenvalue weighted by atomic mass is 10.1. The first-order valence-electron chi connectivity index (χ1n) is 4.49. The SMILES string of the molecule is CC.COC(=O)c1cc(C)ccc1Br. The van der Waals surface area contributed by atoms with E-state index in [-0.39, 0.29) is 5.97 Å². The number of rotatable bonds is 1. The van der Waals surface area contributed by atoms with E-state index in [0.717, 1.165) is 10.0 Å². The highest BCUT2D eigenvalue weighted by atomic mass is 79.9. The van der Waals surface area contributed by atoms with Gasteiger partial charge in [-0.2, -0.15) is 0 Å². The number of halogens is 1. The van der Waals surface area contributed by atoms with Gasteiger partial charge < -0.3 is 4.74 Å². The molecule has 0 radical (unpaired) electrons. The fourth-order valence-corrected chi connectivity index (χ4v) is 1.31. The van der Waals surface area contributed by atoms with Crippen LogP contribution in [0.25, 0.3) is 0 Å². The van der Waals surface area contributed by atoms with Crippen LogP contribution in [-0.2, 0) is 4.74 Å². The van der Waals surface area contributed by atoms with Gasteiger partial charge in [-0.25, -0.2) is 4.79 Å². The summed E-state index contributed by atoms with van der Waals surface area (Å²) in [6.45, 7) is 5.93. The van der Waals surface area contributed by atoms with Gasteiger partial charge in [0.2, 0.25) is 0 Å². The molecule has 0 fully saturated rings. The monoisotopic (exact) mass is 258 g/mol. The first kappa shape index (κ1) is 13.2. The van der Waals surface area contributed by atoms with Crippen molar-refractivity contribution in [2.45, 2.75) is 20.8 Å². The van der Waals surface area contributed by atoms with E-state index in [1.807, 2.05) is 32.9 Å². The van der Waals surface area contributed by atoms with Crippen LogP contribution in [-0.4, -0.2) is 13.1 Å². The van der Waals surface area contributed by atoms with Crippen molar-refractivity contribution in [3.05, 3.63) is 33.8 Å². The molecule has 1 aromatic carbocycles. The van der Waals surface area contributed by atoms with E-state index < -0.39 is 0 Å². The van der Waals surface area contributed by atoms with Gasteiger partial charge in [-0.1, -0.05) is 25.5 Å². The molecule has 0 N–H and O–H groups in total. The standard InChI is InChI=1S/C9H9BrO2.C2H6/c1-6-3-4-8(10)7(5-6)9(11)12-2;1-2/h3-5H,1-2H3;1-2H3. The van der Waals surface area contributed by atoms with Gasteiger partial charge in [0.25, 0.3) is 0 Å². The van der Waals surface area contributed by atoms with E-state index >= 15 is 0 Å². The Morgan fingerprint density at radius 3 is 2.43 bits per heavy atom. The van der Waals surface area contributed by atoms with Crippen LogP contribution >= 0.6 is 15.9 Å². The van der Waals surface area contributed by atoms with E-state index in [1.165, 1.54) is 7.11 Å². The Bertz CT molecular complexity index is 308. The average Bonchev–Trinajstić information content (AvgIpc) is 2.23. The smallest absolute Gasteiger partial charge is 0.339 e. The Labute approximate surface area is 93.4 Å². The van der Waals surface area contributed by atoms with Crippen LogP contribution in [0.2, 0.25) is 0 Å². The largest absolute Gasteiger partial charge is 0.465 e. The molecule has 1 rings (SSSR count). The maximum Gasteiger partial charge on any atom is 0.339 e. The second-order valence-electron chi connectivity index (χ2n) is 2.47. The lowest BCUT2D eigenvalue weighted by Crippen LogP contribution is -2.02. The number of ether oxygens (including phenoxy) is 1. The number of aryl methyl sites for hydroxylation is 1. The van der Waals surface area contributed by atoms with Gasteiger partial charge in [-0.05, 0) is 35.0 Å². The molecule has 0 saturated heterocycles. The highest BCUT2D eigenvalue weighted by Crippen LogP contribution is 2.18. The Kier molecular flexibility index (Phi) is 6.21. The molecule has 3 heteroatoms. The van der Waals surface area contributed by atoms with E-state index in [4.69, 9.17) is 0 Å². The molecular weight excluding hydrogens is 244 g/mol. The molecule has 0 unspecified atom stereocenters. The second-order valence-corrected chi connectivity index (χ2v) is 3.33. The second kappa shape index (κ2) is 6.60. The normalized spacial score (nSPS) is 8.64. The van der Waals surface area contributed by atoms with Crippen molar-refractivity contribution in [2.75, 3.05) is 7.11 Å². The summed E-state index contributed by atoms with van der Waals surface area (Å²) in [6.07, 6.45) is 0. The number of esters is 1. The number of hydrogen-bond acceptors (Lipinski definition) is 2. The molecule has 0 bridgehead atoms. The Morgan fingerprint density at radius 2 is 1.93 bits per heavy atom. The van der Waals surface area contributed by atoms with Gasteiger partial charge in [0.1, 0.15) is 0 Å². The number of carbonyl (C=O) groups is 1. The molecule has 1 aromatic rings. The third-order valence-corrected chi connectivity index (χ3v) is 2.22. The van der Waals surface area contributed by atoms with Gasteiger partial charge >= 0.3 is 5.97 Å². The van der Waals surface area contributed by atoms with Crippen molar-refractivity contribution in [1.29, 1.82) is 0 Å². The predicted octanol–water partition coefficient (Wildman–Crippen LogP) is 3.57.